The lowest BCUT2D eigenvalue weighted by Gasteiger charge is -2.08. The van der Waals surface area contributed by atoms with Crippen LogP contribution >= 0.6 is 12.2 Å². The highest BCUT2D eigenvalue weighted by Gasteiger charge is 2.07. The van der Waals surface area contributed by atoms with E-state index in [1.807, 2.05) is 6.92 Å². The van der Waals surface area contributed by atoms with Gasteiger partial charge in [-0.15, -0.1) is 6.58 Å². The second kappa shape index (κ2) is 7.45. The first-order valence-corrected chi connectivity index (χ1v) is 6.01. The zero-order valence-electron chi connectivity index (χ0n) is 10.2. The average Bonchev–Trinajstić information content (AvgIpc) is 2.37. The molecule has 0 aliphatic carbocycles. The summed E-state index contributed by atoms with van der Waals surface area (Å²) in [6.07, 6.45) is 1.66. The van der Waals surface area contributed by atoms with Gasteiger partial charge in [-0.3, -0.25) is 10.1 Å². The van der Waals surface area contributed by atoms with Gasteiger partial charge in [0.1, 0.15) is 5.75 Å². The normalized spacial score (nSPS) is 9.39. The van der Waals surface area contributed by atoms with Crippen LogP contribution in [0.15, 0.2) is 36.9 Å². The van der Waals surface area contributed by atoms with E-state index in [1.54, 1.807) is 30.3 Å². The summed E-state index contributed by atoms with van der Waals surface area (Å²) in [6, 6.07) is 6.88. The van der Waals surface area contributed by atoms with E-state index in [2.05, 4.69) is 17.2 Å². The summed E-state index contributed by atoms with van der Waals surface area (Å²) >= 11 is 4.95. The Morgan fingerprint density at radius 3 is 2.67 bits per heavy atom. The first-order chi connectivity index (χ1) is 8.67. The third kappa shape index (κ3) is 4.55. The maximum atomic E-state index is 11.8. The van der Waals surface area contributed by atoms with Crippen LogP contribution in [-0.2, 0) is 0 Å². The summed E-state index contributed by atoms with van der Waals surface area (Å²) in [5, 5.41) is 5.68. The Kier molecular flexibility index (Phi) is 5.87. The van der Waals surface area contributed by atoms with Crippen LogP contribution < -0.4 is 15.4 Å². The van der Waals surface area contributed by atoms with Crippen molar-refractivity contribution in [2.24, 2.45) is 0 Å². The number of benzene rings is 1. The number of rotatable bonds is 5. The van der Waals surface area contributed by atoms with E-state index < -0.39 is 0 Å². The van der Waals surface area contributed by atoms with Crippen LogP contribution in [-0.4, -0.2) is 24.2 Å². The van der Waals surface area contributed by atoms with Crippen LogP contribution in [0.1, 0.15) is 17.3 Å². The van der Waals surface area contributed by atoms with Gasteiger partial charge in [-0.1, -0.05) is 6.08 Å². The molecule has 0 fully saturated rings. The van der Waals surface area contributed by atoms with Crippen molar-refractivity contribution in [2.45, 2.75) is 6.92 Å². The fourth-order valence-electron chi connectivity index (χ4n) is 1.25. The monoisotopic (exact) mass is 264 g/mol. The zero-order valence-corrected chi connectivity index (χ0v) is 11.0. The number of hydrogen-bond donors (Lipinski definition) is 2. The maximum Gasteiger partial charge on any atom is 0.257 e. The summed E-state index contributed by atoms with van der Waals surface area (Å²) in [5.41, 5.74) is 0.529. The molecule has 2 N–H and O–H groups in total. The number of thiocarbonyl (C=S) groups is 1. The highest BCUT2D eigenvalue weighted by Crippen LogP contribution is 2.11. The number of nitrogens with one attached hydrogen (secondary N) is 2. The minimum absolute atomic E-state index is 0.250. The Labute approximate surface area is 112 Å². The fraction of sp³-hybridized carbons (Fsp3) is 0.231. The lowest BCUT2D eigenvalue weighted by atomic mass is 10.2. The summed E-state index contributed by atoms with van der Waals surface area (Å²) in [4.78, 5) is 11.8. The number of carbonyl (C=O) groups excluding carboxylic acids is 1. The molecule has 0 aromatic heterocycles. The molecule has 0 saturated heterocycles. The Bertz CT molecular complexity index is 429. The molecule has 1 rings (SSSR count). The molecule has 0 spiro atoms. The Morgan fingerprint density at radius 1 is 1.44 bits per heavy atom. The average molecular weight is 264 g/mol. The van der Waals surface area contributed by atoms with Gasteiger partial charge in [-0.2, -0.15) is 0 Å². The van der Waals surface area contributed by atoms with E-state index >= 15 is 0 Å². The molecule has 0 bridgehead atoms. The van der Waals surface area contributed by atoms with Gasteiger partial charge in [0.05, 0.1) is 6.61 Å². The lowest BCUT2D eigenvalue weighted by molar-refractivity contribution is 0.0976. The van der Waals surface area contributed by atoms with E-state index in [0.29, 0.717) is 18.7 Å². The predicted molar refractivity (Wildman–Crippen MR) is 75.9 cm³/mol. The van der Waals surface area contributed by atoms with Gasteiger partial charge >= 0.3 is 0 Å². The van der Waals surface area contributed by atoms with Gasteiger partial charge in [0.2, 0.25) is 0 Å². The second-order valence-corrected chi connectivity index (χ2v) is 3.82. The zero-order chi connectivity index (χ0) is 13.4. The third-order valence-electron chi connectivity index (χ3n) is 2.06. The largest absolute Gasteiger partial charge is 0.494 e. The summed E-state index contributed by atoms with van der Waals surface area (Å²) in [7, 11) is 0. The molecule has 96 valence electrons. The van der Waals surface area contributed by atoms with Crippen molar-refractivity contribution in [1.82, 2.24) is 10.6 Å². The molecule has 5 heteroatoms. The van der Waals surface area contributed by atoms with E-state index in [1.165, 1.54) is 0 Å². The highest BCUT2D eigenvalue weighted by atomic mass is 32.1. The molecule has 0 aliphatic heterocycles. The van der Waals surface area contributed by atoms with Gasteiger partial charge < -0.3 is 10.1 Å². The molecule has 1 aromatic rings. The molecule has 0 aliphatic rings. The molecule has 4 nitrogen and oxygen atoms in total. The summed E-state index contributed by atoms with van der Waals surface area (Å²) < 4.78 is 5.29. The molecular weight excluding hydrogens is 248 g/mol. The molecular formula is C13H16N2O2S. The quantitative estimate of drug-likeness (QED) is 0.630. The first-order valence-electron chi connectivity index (χ1n) is 5.60. The Hall–Kier alpha value is -1.88. The second-order valence-electron chi connectivity index (χ2n) is 3.41. The van der Waals surface area contributed by atoms with Gasteiger partial charge in [0.15, 0.2) is 5.11 Å². The first kappa shape index (κ1) is 14.2. The van der Waals surface area contributed by atoms with Crippen LogP contribution in [0.2, 0.25) is 0 Å². The smallest absolute Gasteiger partial charge is 0.257 e. The van der Waals surface area contributed by atoms with Crippen molar-refractivity contribution in [2.75, 3.05) is 13.2 Å². The van der Waals surface area contributed by atoms with Crippen molar-refractivity contribution >= 4 is 23.2 Å². The molecule has 1 aromatic carbocycles. The number of carbonyl (C=O) groups is 1. The molecule has 0 radical (unpaired) electrons. The standard InChI is InChI=1S/C13H16N2O2S/c1-3-9-14-13(18)15-12(16)10-5-7-11(8-6-10)17-4-2/h3,5-8H,1,4,9H2,2H3,(H2,14,15,16,18). The molecule has 0 saturated carbocycles. The topological polar surface area (TPSA) is 50.4 Å². The van der Waals surface area contributed by atoms with E-state index in [4.69, 9.17) is 17.0 Å². The van der Waals surface area contributed by atoms with E-state index in [9.17, 15) is 4.79 Å². The lowest BCUT2D eigenvalue weighted by Crippen LogP contribution is -2.39. The van der Waals surface area contributed by atoms with Crippen LogP contribution in [0.5, 0.6) is 5.75 Å². The Balaban J connectivity index is 2.55. The van der Waals surface area contributed by atoms with Crippen molar-refractivity contribution in [1.29, 1.82) is 0 Å². The van der Waals surface area contributed by atoms with E-state index in [-0.39, 0.29) is 11.0 Å². The minimum Gasteiger partial charge on any atom is -0.494 e. The third-order valence-corrected chi connectivity index (χ3v) is 2.31. The van der Waals surface area contributed by atoms with Crippen molar-refractivity contribution < 1.29 is 9.53 Å². The van der Waals surface area contributed by atoms with Gasteiger partial charge in [-0.05, 0) is 43.4 Å². The van der Waals surface area contributed by atoms with Crippen molar-refractivity contribution in [3.63, 3.8) is 0 Å². The highest BCUT2D eigenvalue weighted by molar-refractivity contribution is 7.80. The summed E-state index contributed by atoms with van der Waals surface area (Å²) in [5.74, 6) is 0.487. The van der Waals surface area contributed by atoms with Gasteiger partial charge in [0, 0.05) is 12.1 Å². The van der Waals surface area contributed by atoms with E-state index in [0.717, 1.165) is 5.75 Å². The van der Waals surface area contributed by atoms with Crippen LogP contribution in [0.4, 0.5) is 0 Å². The molecule has 0 unspecified atom stereocenters. The molecule has 0 atom stereocenters. The van der Waals surface area contributed by atoms with Gasteiger partial charge in [-0.25, -0.2) is 0 Å². The minimum atomic E-state index is -0.250. The molecule has 18 heavy (non-hydrogen) atoms. The van der Waals surface area contributed by atoms with Crippen molar-refractivity contribution in [3.8, 4) is 5.75 Å². The molecule has 0 heterocycles. The number of ether oxygens (including phenoxy) is 1. The van der Waals surface area contributed by atoms with Crippen LogP contribution in [0.25, 0.3) is 0 Å². The predicted octanol–water partition coefficient (Wildman–Crippen LogP) is 1.88. The SMILES string of the molecule is C=CCNC(=S)NC(=O)c1ccc(OCC)cc1. The summed E-state index contributed by atoms with van der Waals surface area (Å²) in [6.45, 7) is 6.57. The fourth-order valence-corrected chi connectivity index (χ4v) is 1.43. The van der Waals surface area contributed by atoms with Gasteiger partial charge in [0.25, 0.3) is 5.91 Å². The maximum absolute atomic E-state index is 11.8. The Morgan fingerprint density at radius 2 is 2.11 bits per heavy atom. The number of amides is 1. The number of hydrogen-bond acceptors (Lipinski definition) is 3. The van der Waals surface area contributed by atoms with Crippen LogP contribution in [0, 0.1) is 0 Å². The van der Waals surface area contributed by atoms with Crippen molar-refractivity contribution in [3.05, 3.63) is 42.5 Å². The van der Waals surface area contributed by atoms with Crippen LogP contribution in [0.3, 0.4) is 0 Å². The molecule has 1 amide bonds.